The summed E-state index contributed by atoms with van der Waals surface area (Å²) in [5, 5.41) is 0. The van der Waals surface area contributed by atoms with Crippen molar-refractivity contribution in [3.05, 3.63) is 48.0 Å². The van der Waals surface area contributed by atoms with Crippen LogP contribution in [0.3, 0.4) is 0 Å². The Morgan fingerprint density at radius 2 is 1.78 bits per heavy atom. The normalized spacial score (nSPS) is 18.0. The smallest absolute Gasteiger partial charge is 0.122 e. The Hall–Kier alpha value is -1.41. The minimum atomic E-state index is 0.340. The minimum Gasteiger partial charge on any atom is -0.490 e. The maximum absolute atomic E-state index is 5.83. The second kappa shape index (κ2) is 4.69. The molecule has 1 unspecified atom stereocenters. The van der Waals surface area contributed by atoms with Crippen LogP contribution in [0.5, 0.6) is 5.75 Å². The number of hydrogen-bond acceptors (Lipinski definition) is 2. The zero-order valence-electron chi connectivity index (χ0n) is 10.4. The predicted octanol–water partition coefficient (Wildman–Crippen LogP) is 4.36. The number of ether oxygens (including phenoxy) is 1. The van der Waals surface area contributed by atoms with Gasteiger partial charge in [-0.3, -0.25) is 0 Å². The van der Waals surface area contributed by atoms with Gasteiger partial charge in [-0.1, -0.05) is 18.2 Å². The van der Waals surface area contributed by atoms with Gasteiger partial charge >= 0.3 is 0 Å². The van der Waals surface area contributed by atoms with Crippen molar-refractivity contribution in [3.8, 4) is 16.9 Å². The number of benzene rings is 2. The lowest BCUT2D eigenvalue weighted by atomic mass is 9.97. The SMILES string of the molecule is CC1CCc2cc(-c3ccc(S)cc3)ccc2O1. The number of aryl methyl sites for hydroxylation is 1. The molecule has 1 atom stereocenters. The van der Waals surface area contributed by atoms with E-state index in [1.807, 2.05) is 12.1 Å². The molecule has 0 bridgehead atoms. The third-order valence-corrected chi connectivity index (χ3v) is 3.71. The van der Waals surface area contributed by atoms with E-state index < -0.39 is 0 Å². The molecule has 0 saturated carbocycles. The third kappa shape index (κ3) is 2.25. The second-order valence-electron chi connectivity index (χ2n) is 4.84. The Morgan fingerprint density at radius 1 is 1.06 bits per heavy atom. The average Bonchev–Trinajstić information content (AvgIpc) is 2.39. The van der Waals surface area contributed by atoms with E-state index in [9.17, 15) is 0 Å². The Morgan fingerprint density at radius 3 is 2.56 bits per heavy atom. The van der Waals surface area contributed by atoms with Gasteiger partial charge in [-0.15, -0.1) is 12.6 Å². The lowest BCUT2D eigenvalue weighted by molar-refractivity contribution is 0.192. The molecule has 18 heavy (non-hydrogen) atoms. The molecule has 2 heteroatoms. The summed E-state index contributed by atoms with van der Waals surface area (Å²) in [6, 6.07) is 14.7. The molecule has 0 spiro atoms. The molecular formula is C16H16OS. The Balaban J connectivity index is 1.97. The fraction of sp³-hybridized carbons (Fsp3) is 0.250. The molecule has 0 fully saturated rings. The highest BCUT2D eigenvalue weighted by Gasteiger charge is 2.16. The zero-order valence-corrected chi connectivity index (χ0v) is 11.3. The quantitative estimate of drug-likeness (QED) is 0.746. The second-order valence-corrected chi connectivity index (χ2v) is 5.35. The number of rotatable bonds is 1. The molecule has 0 aromatic heterocycles. The van der Waals surface area contributed by atoms with Crippen molar-refractivity contribution in [2.75, 3.05) is 0 Å². The maximum Gasteiger partial charge on any atom is 0.122 e. The van der Waals surface area contributed by atoms with Gasteiger partial charge in [0.25, 0.3) is 0 Å². The van der Waals surface area contributed by atoms with Crippen LogP contribution >= 0.6 is 12.6 Å². The highest BCUT2D eigenvalue weighted by atomic mass is 32.1. The highest BCUT2D eigenvalue weighted by molar-refractivity contribution is 7.80. The topological polar surface area (TPSA) is 9.23 Å². The molecule has 0 saturated heterocycles. The van der Waals surface area contributed by atoms with E-state index in [0.29, 0.717) is 6.10 Å². The van der Waals surface area contributed by atoms with Crippen LogP contribution in [0.25, 0.3) is 11.1 Å². The van der Waals surface area contributed by atoms with E-state index >= 15 is 0 Å². The van der Waals surface area contributed by atoms with Crippen LogP contribution in [0, 0.1) is 0 Å². The van der Waals surface area contributed by atoms with Gasteiger partial charge in [-0.05, 0) is 60.7 Å². The zero-order chi connectivity index (χ0) is 12.5. The number of fused-ring (bicyclic) bond motifs is 1. The molecule has 1 aliphatic rings. The first-order valence-corrected chi connectivity index (χ1v) is 6.76. The summed E-state index contributed by atoms with van der Waals surface area (Å²) in [4.78, 5) is 0.994. The predicted molar refractivity (Wildman–Crippen MR) is 77.5 cm³/mol. The number of hydrogen-bond donors (Lipinski definition) is 1. The van der Waals surface area contributed by atoms with Crippen molar-refractivity contribution >= 4 is 12.6 Å². The standard InChI is InChI=1S/C16H16OS/c1-11-2-3-14-10-13(6-9-16(14)17-11)12-4-7-15(18)8-5-12/h4-11,18H,2-3H2,1H3. The van der Waals surface area contributed by atoms with Crippen LogP contribution in [0.15, 0.2) is 47.4 Å². The molecule has 92 valence electrons. The van der Waals surface area contributed by atoms with E-state index in [2.05, 4.69) is 49.9 Å². The van der Waals surface area contributed by atoms with Crippen LogP contribution in [0.2, 0.25) is 0 Å². The fourth-order valence-corrected chi connectivity index (χ4v) is 2.51. The first kappa shape index (κ1) is 11.7. The van der Waals surface area contributed by atoms with Gasteiger partial charge in [0, 0.05) is 4.90 Å². The van der Waals surface area contributed by atoms with E-state index in [-0.39, 0.29) is 0 Å². The van der Waals surface area contributed by atoms with E-state index in [0.717, 1.165) is 23.5 Å². The summed E-state index contributed by atoms with van der Waals surface area (Å²) in [6.45, 7) is 2.13. The first-order chi connectivity index (χ1) is 8.72. The van der Waals surface area contributed by atoms with Crippen molar-refractivity contribution in [2.24, 2.45) is 0 Å². The molecule has 0 N–H and O–H groups in total. The summed E-state index contributed by atoms with van der Waals surface area (Å²) in [5.74, 6) is 1.04. The molecule has 3 rings (SSSR count). The Kier molecular flexibility index (Phi) is 3.04. The summed E-state index contributed by atoms with van der Waals surface area (Å²) in [7, 11) is 0. The lowest BCUT2D eigenvalue weighted by Crippen LogP contribution is -2.18. The summed E-state index contributed by atoms with van der Waals surface area (Å²) < 4.78 is 5.83. The third-order valence-electron chi connectivity index (χ3n) is 3.41. The number of thiol groups is 1. The fourth-order valence-electron chi connectivity index (χ4n) is 2.36. The minimum absolute atomic E-state index is 0.340. The van der Waals surface area contributed by atoms with Gasteiger partial charge in [0.15, 0.2) is 0 Å². The van der Waals surface area contributed by atoms with Gasteiger partial charge in [-0.2, -0.15) is 0 Å². The monoisotopic (exact) mass is 256 g/mol. The van der Waals surface area contributed by atoms with Crippen LogP contribution in [-0.2, 0) is 6.42 Å². The van der Waals surface area contributed by atoms with Gasteiger partial charge < -0.3 is 4.74 Å². The molecule has 0 amide bonds. The molecule has 0 radical (unpaired) electrons. The van der Waals surface area contributed by atoms with Crippen molar-refractivity contribution in [2.45, 2.75) is 30.8 Å². The summed E-state index contributed by atoms with van der Waals surface area (Å²) >= 11 is 4.31. The van der Waals surface area contributed by atoms with Gasteiger partial charge in [0.2, 0.25) is 0 Å². The summed E-state index contributed by atoms with van der Waals surface area (Å²) in [6.07, 6.45) is 2.55. The van der Waals surface area contributed by atoms with Crippen molar-refractivity contribution in [1.82, 2.24) is 0 Å². The highest BCUT2D eigenvalue weighted by Crippen LogP contribution is 2.32. The molecule has 2 aromatic carbocycles. The molecule has 2 aromatic rings. The van der Waals surface area contributed by atoms with Gasteiger partial charge in [0.1, 0.15) is 5.75 Å². The van der Waals surface area contributed by atoms with Gasteiger partial charge in [0.05, 0.1) is 6.10 Å². The van der Waals surface area contributed by atoms with E-state index in [1.165, 1.54) is 16.7 Å². The molecule has 0 aliphatic carbocycles. The first-order valence-electron chi connectivity index (χ1n) is 6.31. The van der Waals surface area contributed by atoms with E-state index in [4.69, 9.17) is 4.74 Å². The van der Waals surface area contributed by atoms with Crippen LogP contribution in [0.1, 0.15) is 18.9 Å². The molecular weight excluding hydrogens is 240 g/mol. The van der Waals surface area contributed by atoms with Crippen LogP contribution in [-0.4, -0.2) is 6.10 Å². The summed E-state index contributed by atoms with van der Waals surface area (Å²) in [5.41, 5.74) is 3.80. The average molecular weight is 256 g/mol. The van der Waals surface area contributed by atoms with Crippen molar-refractivity contribution in [1.29, 1.82) is 0 Å². The largest absolute Gasteiger partial charge is 0.490 e. The van der Waals surface area contributed by atoms with Crippen LogP contribution < -0.4 is 4.74 Å². The Bertz CT molecular complexity index is 560. The lowest BCUT2D eigenvalue weighted by Gasteiger charge is -2.23. The molecule has 1 aliphatic heterocycles. The Labute approximate surface area is 113 Å². The van der Waals surface area contributed by atoms with Gasteiger partial charge in [-0.25, -0.2) is 0 Å². The molecule has 1 nitrogen and oxygen atoms in total. The van der Waals surface area contributed by atoms with Crippen LogP contribution in [0.4, 0.5) is 0 Å². The van der Waals surface area contributed by atoms with Crippen molar-refractivity contribution in [3.63, 3.8) is 0 Å². The van der Waals surface area contributed by atoms with E-state index in [1.54, 1.807) is 0 Å². The molecule has 1 heterocycles. The van der Waals surface area contributed by atoms with Crippen molar-refractivity contribution < 1.29 is 4.74 Å². The maximum atomic E-state index is 5.83.